The molecule has 0 bridgehead atoms. The Kier molecular flexibility index (Phi) is 4.59. The maximum Gasteiger partial charge on any atom is 0.333 e. The van der Waals surface area contributed by atoms with Crippen LogP contribution >= 0.6 is 0 Å². The third kappa shape index (κ3) is 3.21. The van der Waals surface area contributed by atoms with Crippen molar-refractivity contribution in [1.82, 2.24) is 0 Å². The monoisotopic (exact) mass is 156 g/mol. The Morgan fingerprint density at radius 2 is 1.82 bits per heavy atom. The van der Waals surface area contributed by atoms with Crippen molar-refractivity contribution in [3.05, 3.63) is 11.1 Å². The first-order valence-corrected chi connectivity index (χ1v) is 3.96. The molecule has 0 rings (SSSR count). The summed E-state index contributed by atoms with van der Waals surface area (Å²) < 4.78 is 4.83. The van der Waals surface area contributed by atoms with Gasteiger partial charge in [0.2, 0.25) is 0 Å². The summed E-state index contributed by atoms with van der Waals surface area (Å²) in [5.41, 5.74) is 1.85. The maximum absolute atomic E-state index is 11.1. The van der Waals surface area contributed by atoms with Gasteiger partial charge in [0.05, 0.1) is 6.61 Å². The van der Waals surface area contributed by atoms with Gasteiger partial charge in [0.15, 0.2) is 0 Å². The molecule has 0 spiro atoms. The SMILES string of the molecule is CCOC(=O)/C(C)=C(\C)CC. The summed E-state index contributed by atoms with van der Waals surface area (Å²) >= 11 is 0. The van der Waals surface area contributed by atoms with Gasteiger partial charge in [-0.05, 0) is 27.2 Å². The Bertz CT molecular complexity index is 168. The Balaban J connectivity index is 4.22. The van der Waals surface area contributed by atoms with Gasteiger partial charge in [-0.2, -0.15) is 0 Å². The van der Waals surface area contributed by atoms with Crippen LogP contribution < -0.4 is 0 Å². The summed E-state index contributed by atoms with van der Waals surface area (Å²) in [6.07, 6.45) is 0.907. The molecule has 0 atom stereocenters. The Morgan fingerprint density at radius 3 is 2.18 bits per heavy atom. The molecular formula is C9H16O2. The van der Waals surface area contributed by atoms with E-state index in [1.54, 1.807) is 6.92 Å². The average Bonchev–Trinajstić information content (AvgIpc) is 2.02. The molecule has 0 aliphatic carbocycles. The molecule has 0 aromatic carbocycles. The smallest absolute Gasteiger partial charge is 0.333 e. The van der Waals surface area contributed by atoms with Crippen LogP contribution in [0.5, 0.6) is 0 Å². The first kappa shape index (κ1) is 10.2. The highest BCUT2D eigenvalue weighted by atomic mass is 16.5. The Morgan fingerprint density at radius 1 is 1.27 bits per heavy atom. The second-order valence-electron chi connectivity index (χ2n) is 2.48. The number of esters is 1. The summed E-state index contributed by atoms with van der Waals surface area (Å²) in [6.45, 7) is 8.04. The quantitative estimate of drug-likeness (QED) is 0.463. The molecule has 64 valence electrons. The minimum Gasteiger partial charge on any atom is -0.463 e. The molecule has 0 aromatic rings. The minimum atomic E-state index is -0.188. The molecule has 2 heteroatoms. The van der Waals surface area contributed by atoms with Crippen molar-refractivity contribution >= 4 is 5.97 Å². The largest absolute Gasteiger partial charge is 0.463 e. The van der Waals surface area contributed by atoms with Crippen LogP contribution in [0.15, 0.2) is 11.1 Å². The fourth-order valence-electron chi connectivity index (χ4n) is 0.679. The Hall–Kier alpha value is -0.790. The van der Waals surface area contributed by atoms with Gasteiger partial charge in [0.1, 0.15) is 0 Å². The van der Waals surface area contributed by atoms with Gasteiger partial charge in [0.25, 0.3) is 0 Å². The molecule has 0 unspecified atom stereocenters. The predicted octanol–water partition coefficient (Wildman–Crippen LogP) is 2.30. The molecule has 0 aromatic heterocycles. The molecule has 0 fully saturated rings. The van der Waals surface area contributed by atoms with E-state index in [0.717, 1.165) is 17.6 Å². The fourth-order valence-corrected chi connectivity index (χ4v) is 0.679. The second kappa shape index (κ2) is 4.94. The average molecular weight is 156 g/mol. The Labute approximate surface area is 68.2 Å². The van der Waals surface area contributed by atoms with E-state index < -0.39 is 0 Å². The fraction of sp³-hybridized carbons (Fsp3) is 0.667. The summed E-state index contributed by atoms with van der Waals surface area (Å²) in [5.74, 6) is -0.188. The van der Waals surface area contributed by atoms with Gasteiger partial charge >= 0.3 is 5.97 Å². The van der Waals surface area contributed by atoms with Crippen molar-refractivity contribution < 1.29 is 9.53 Å². The molecule has 0 aliphatic heterocycles. The van der Waals surface area contributed by atoms with Crippen molar-refractivity contribution in [2.45, 2.75) is 34.1 Å². The summed E-state index contributed by atoms with van der Waals surface area (Å²) in [5, 5.41) is 0. The van der Waals surface area contributed by atoms with E-state index in [-0.39, 0.29) is 5.97 Å². The van der Waals surface area contributed by atoms with Crippen LogP contribution in [0.25, 0.3) is 0 Å². The standard InChI is InChI=1S/C9H16O2/c1-5-7(3)8(4)9(10)11-6-2/h5-6H2,1-4H3/b8-7+. The number of hydrogen-bond acceptors (Lipinski definition) is 2. The topological polar surface area (TPSA) is 26.3 Å². The third-order valence-corrected chi connectivity index (χ3v) is 1.75. The van der Waals surface area contributed by atoms with Crippen molar-refractivity contribution in [3.63, 3.8) is 0 Å². The zero-order chi connectivity index (χ0) is 8.85. The highest BCUT2D eigenvalue weighted by molar-refractivity contribution is 5.88. The number of hydrogen-bond donors (Lipinski definition) is 0. The third-order valence-electron chi connectivity index (χ3n) is 1.75. The lowest BCUT2D eigenvalue weighted by atomic mass is 10.1. The number of allylic oxidation sites excluding steroid dienone is 1. The predicted molar refractivity (Wildman–Crippen MR) is 45.3 cm³/mol. The normalized spacial score (nSPS) is 12.4. The zero-order valence-corrected chi connectivity index (χ0v) is 7.73. The van der Waals surface area contributed by atoms with Crippen LogP contribution in [0.4, 0.5) is 0 Å². The number of ether oxygens (including phenoxy) is 1. The maximum atomic E-state index is 11.1. The van der Waals surface area contributed by atoms with Crippen LogP contribution in [0.2, 0.25) is 0 Å². The second-order valence-corrected chi connectivity index (χ2v) is 2.48. The van der Waals surface area contributed by atoms with Gasteiger partial charge in [-0.1, -0.05) is 12.5 Å². The minimum absolute atomic E-state index is 0.188. The van der Waals surface area contributed by atoms with Crippen molar-refractivity contribution in [1.29, 1.82) is 0 Å². The van der Waals surface area contributed by atoms with Crippen molar-refractivity contribution in [2.24, 2.45) is 0 Å². The molecule has 2 nitrogen and oxygen atoms in total. The van der Waals surface area contributed by atoms with Crippen LogP contribution in [0, 0.1) is 0 Å². The van der Waals surface area contributed by atoms with Gasteiger partial charge in [-0.25, -0.2) is 4.79 Å². The van der Waals surface area contributed by atoms with Gasteiger partial charge in [0, 0.05) is 5.57 Å². The highest BCUT2D eigenvalue weighted by Crippen LogP contribution is 2.08. The van der Waals surface area contributed by atoms with E-state index >= 15 is 0 Å². The molecule has 0 amide bonds. The molecule has 0 radical (unpaired) electrons. The lowest BCUT2D eigenvalue weighted by molar-refractivity contribution is -0.138. The van der Waals surface area contributed by atoms with E-state index in [9.17, 15) is 4.79 Å². The summed E-state index contributed by atoms with van der Waals surface area (Å²) in [4.78, 5) is 11.1. The van der Waals surface area contributed by atoms with E-state index in [0.29, 0.717) is 6.61 Å². The lowest BCUT2D eigenvalue weighted by Gasteiger charge is -2.04. The van der Waals surface area contributed by atoms with E-state index in [2.05, 4.69) is 0 Å². The molecule has 0 N–H and O–H groups in total. The first-order valence-electron chi connectivity index (χ1n) is 3.96. The van der Waals surface area contributed by atoms with E-state index in [1.165, 1.54) is 0 Å². The van der Waals surface area contributed by atoms with Gasteiger partial charge in [-0.15, -0.1) is 0 Å². The summed E-state index contributed by atoms with van der Waals surface area (Å²) in [7, 11) is 0. The summed E-state index contributed by atoms with van der Waals surface area (Å²) in [6, 6.07) is 0. The lowest BCUT2D eigenvalue weighted by Crippen LogP contribution is -2.06. The van der Waals surface area contributed by atoms with Crippen molar-refractivity contribution in [2.75, 3.05) is 6.61 Å². The molecule has 11 heavy (non-hydrogen) atoms. The molecule has 0 saturated carbocycles. The van der Waals surface area contributed by atoms with Gasteiger partial charge in [-0.3, -0.25) is 0 Å². The first-order chi connectivity index (χ1) is 5.13. The van der Waals surface area contributed by atoms with Crippen LogP contribution in [-0.2, 0) is 9.53 Å². The molecule has 0 heterocycles. The van der Waals surface area contributed by atoms with E-state index in [1.807, 2.05) is 20.8 Å². The number of rotatable bonds is 3. The highest BCUT2D eigenvalue weighted by Gasteiger charge is 2.06. The van der Waals surface area contributed by atoms with Crippen molar-refractivity contribution in [3.8, 4) is 0 Å². The molecule has 0 saturated heterocycles. The van der Waals surface area contributed by atoms with E-state index in [4.69, 9.17) is 4.74 Å². The number of carbonyl (C=O) groups excluding carboxylic acids is 1. The molecule has 0 aliphatic rings. The van der Waals surface area contributed by atoms with Crippen LogP contribution in [0.1, 0.15) is 34.1 Å². The zero-order valence-electron chi connectivity index (χ0n) is 7.73. The molecular weight excluding hydrogens is 140 g/mol. The van der Waals surface area contributed by atoms with Crippen LogP contribution in [0.3, 0.4) is 0 Å². The van der Waals surface area contributed by atoms with Crippen LogP contribution in [-0.4, -0.2) is 12.6 Å². The van der Waals surface area contributed by atoms with Gasteiger partial charge < -0.3 is 4.74 Å². The number of carbonyl (C=O) groups is 1.